The maximum atomic E-state index is 13.1. The van der Waals surface area contributed by atoms with Gasteiger partial charge in [-0.1, -0.05) is 12.1 Å². The van der Waals surface area contributed by atoms with E-state index in [2.05, 4.69) is 0 Å². The number of amides is 1. The Morgan fingerprint density at radius 1 is 0.971 bits per heavy atom. The second-order valence-corrected chi connectivity index (χ2v) is 7.71. The van der Waals surface area contributed by atoms with Gasteiger partial charge in [0.05, 0.1) is 5.56 Å². The zero-order valence-corrected chi connectivity index (χ0v) is 18.7. The number of hydrogen-bond donors (Lipinski definition) is 1. The van der Waals surface area contributed by atoms with E-state index in [-0.39, 0.29) is 18.9 Å². The second kappa shape index (κ2) is 10.4. The lowest BCUT2D eigenvalue weighted by atomic mass is 10.0. The molecule has 8 heteroatoms. The minimum absolute atomic E-state index is 0.0397. The molecule has 0 aliphatic carbocycles. The fourth-order valence-corrected chi connectivity index (χ4v) is 3.51. The Morgan fingerprint density at radius 3 is 2.24 bits per heavy atom. The lowest BCUT2D eigenvalue weighted by Gasteiger charge is -2.22. The van der Waals surface area contributed by atoms with Crippen molar-refractivity contribution in [1.82, 2.24) is 0 Å². The van der Waals surface area contributed by atoms with E-state index in [9.17, 15) is 22.8 Å². The molecule has 34 heavy (non-hydrogen) atoms. The number of benzene rings is 3. The van der Waals surface area contributed by atoms with Crippen LogP contribution >= 0.6 is 0 Å². The molecule has 0 aliphatic heterocycles. The molecule has 3 aromatic rings. The number of alkyl halides is 3. The first kappa shape index (κ1) is 24.8. The predicted octanol–water partition coefficient (Wildman–Crippen LogP) is 6.49. The molecule has 0 saturated carbocycles. The van der Waals surface area contributed by atoms with Crippen molar-refractivity contribution in [3.63, 3.8) is 0 Å². The van der Waals surface area contributed by atoms with E-state index in [4.69, 9.17) is 9.84 Å². The smallest absolute Gasteiger partial charge is 0.416 e. The number of aliphatic carboxylic acids is 1. The second-order valence-electron chi connectivity index (χ2n) is 7.71. The summed E-state index contributed by atoms with van der Waals surface area (Å²) >= 11 is 0. The van der Waals surface area contributed by atoms with Crippen LogP contribution in [0.15, 0.2) is 66.7 Å². The number of carboxylic acids is 1. The Labute approximate surface area is 195 Å². The van der Waals surface area contributed by atoms with Gasteiger partial charge in [0.15, 0.2) is 0 Å². The van der Waals surface area contributed by atoms with E-state index in [1.54, 1.807) is 43.3 Å². The quantitative estimate of drug-likeness (QED) is 0.408. The third-order valence-corrected chi connectivity index (χ3v) is 5.31. The van der Waals surface area contributed by atoms with Gasteiger partial charge in [0.25, 0.3) is 5.91 Å². The van der Waals surface area contributed by atoms with Gasteiger partial charge in [-0.15, -0.1) is 0 Å². The Bertz CT molecular complexity index is 1170. The van der Waals surface area contributed by atoms with E-state index in [0.29, 0.717) is 29.2 Å². The maximum Gasteiger partial charge on any atom is 0.416 e. The van der Waals surface area contributed by atoms with Crippen molar-refractivity contribution in [1.29, 1.82) is 0 Å². The lowest BCUT2D eigenvalue weighted by molar-refractivity contribution is -0.138. The average Bonchev–Trinajstić information content (AvgIpc) is 2.79. The van der Waals surface area contributed by atoms with Gasteiger partial charge < -0.3 is 14.7 Å². The summed E-state index contributed by atoms with van der Waals surface area (Å²) in [5, 5.41) is 8.86. The summed E-state index contributed by atoms with van der Waals surface area (Å²) in [6, 6.07) is 16.3. The van der Waals surface area contributed by atoms with Crippen molar-refractivity contribution in [3.05, 3.63) is 89.0 Å². The molecule has 0 fully saturated rings. The van der Waals surface area contributed by atoms with Crippen LogP contribution in [0.2, 0.25) is 0 Å². The maximum absolute atomic E-state index is 13.1. The molecule has 3 rings (SSSR count). The minimum Gasteiger partial charge on any atom is -0.481 e. The summed E-state index contributed by atoms with van der Waals surface area (Å²) in [6.45, 7) is 3.88. The lowest BCUT2D eigenvalue weighted by Crippen LogP contribution is -2.30. The van der Waals surface area contributed by atoms with E-state index in [1.165, 1.54) is 17.0 Å². The molecule has 1 N–H and O–H groups in total. The summed E-state index contributed by atoms with van der Waals surface area (Å²) in [7, 11) is 0. The molecule has 0 aliphatic rings. The zero-order valence-electron chi connectivity index (χ0n) is 18.7. The van der Waals surface area contributed by atoms with Crippen molar-refractivity contribution < 1.29 is 32.6 Å². The minimum atomic E-state index is -4.45. The highest BCUT2D eigenvalue weighted by Crippen LogP contribution is 2.31. The van der Waals surface area contributed by atoms with Crippen molar-refractivity contribution in [2.45, 2.75) is 32.9 Å². The Balaban J connectivity index is 1.77. The van der Waals surface area contributed by atoms with Gasteiger partial charge in [-0.3, -0.25) is 9.59 Å². The Kier molecular flexibility index (Phi) is 7.61. The highest BCUT2D eigenvalue weighted by Gasteiger charge is 2.30. The largest absolute Gasteiger partial charge is 0.481 e. The van der Waals surface area contributed by atoms with Gasteiger partial charge in [-0.05, 0) is 86.0 Å². The van der Waals surface area contributed by atoms with E-state index in [1.807, 2.05) is 13.0 Å². The van der Waals surface area contributed by atoms with Gasteiger partial charge in [0.2, 0.25) is 0 Å². The molecule has 0 saturated heterocycles. The summed E-state index contributed by atoms with van der Waals surface area (Å²) in [6.07, 6.45) is -3.99. The Hall–Kier alpha value is -3.81. The molecule has 0 bridgehead atoms. The molecule has 5 nitrogen and oxygen atoms in total. The molecule has 3 aromatic carbocycles. The van der Waals surface area contributed by atoms with Crippen LogP contribution in [0.4, 0.5) is 18.9 Å². The zero-order chi connectivity index (χ0) is 24.9. The molecule has 1 amide bonds. The molecule has 0 heterocycles. The average molecular weight is 471 g/mol. The number of halogens is 3. The third kappa shape index (κ3) is 6.15. The van der Waals surface area contributed by atoms with E-state index in [0.717, 1.165) is 23.3 Å². The van der Waals surface area contributed by atoms with Gasteiger partial charge in [0.1, 0.15) is 11.5 Å². The van der Waals surface area contributed by atoms with Crippen molar-refractivity contribution in [2.75, 3.05) is 11.4 Å². The number of carboxylic acid groups (broad SMARTS) is 1. The van der Waals surface area contributed by atoms with Crippen molar-refractivity contribution in [3.8, 4) is 11.5 Å². The van der Waals surface area contributed by atoms with Gasteiger partial charge in [-0.25, -0.2) is 0 Å². The standard InChI is InChI=1S/C26H24F3NO4/c1-3-30(21-11-9-20(10-12-21)26(27,28)29)25(33)19-5-4-6-22(16-19)34-23-13-7-18(17(2)15-23)8-14-24(31)32/h4-7,9-13,15-16H,3,8,14H2,1-2H3,(H,31,32). The number of anilines is 1. The monoisotopic (exact) mass is 471 g/mol. The van der Waals surface area contributed by atoms with Crippen molar-refractivity contribution in [2.24, 2.45) is 0 Å². The number of carbonyl (C=O) groups is 2. The van der Waals surface area contributed by atoms with Gasteiger partial charge in [-0.2, -0.15) is 13.2 Å². The van der Waals surface area contributed by atoms with Gasteiger partial charge in [0, 0.05) is 24.2 Å². The molecule has 0 spiro atoms. The molecule has 0 aromatic heterocycles. The molecule has 178 valence electrons. The number of aryl methyl sites for hydroxylation is 2. The first-order valence-electron chi connectivity index (χ1n) is 10.7. The van der Waals surface area contributed by atoms with Crippen LogP contribution in [-0.2, 0) is 17.4 Å². The number of nitrogens with zero attached hydrogens (tertiary/aromatic N) is 1. The van der Waals surface area contributed by atoms with Crippen LogP contribution in [-0.4, -0.2) is 23.5 Å². The topological polar surface area (TPSA) is 66.8 Å². The van der Waals surface area contributed by atoms with Gasteiger partial charge >= 0.3 is 12.1 Å². The molecule has 0 unspecified atom stereocenters. The summed E-state index contributed by atoms with van der Waals surface area (Å²) in [5.74, 6) is -0.269. The number of ether oxygens (including phenoxy) is 1. The number of rotatable bonds is 8. The van der Waals surface area contributed by atoms with Crippen LogP contribution in [0, 0.1) is 6.92 Å². The molecule has 0 atom stereocenters. The van der Waals surface area contributed by atoms with Crippen LogP contribution in [0.25, 0.3) is 0 Å². The highest BCUT2D eigenvalue weighted by atomic mass is 19.4. The number of hydrogen-bond acceptors (Lipinski definition) is 3. The normalized spacial score (nSPS) is 11.2. The van der Waals surface area contributed by atoms with E-state index >= 15 is 0 Å². The molecular weight excluding hydrogens is 447 g/mol. The fourth-order valence-electron chi connectivity index (χ4n) is 3.51. The van der Waals surface area contributed by atoms with Crippen LogP contribution in [0.5, 0.6) is 11.5 Å². The van der Waals surface area contributed by atoms with E-state index < -0.39 is 17.7 Å². The van der Waals surface area contributed by atoms with Crippen molar-refractivity contribution >= 4 is 17.6 Å². The van der Waals surface area contributed by atoms with Crippen LogP contribution in [0.3, 0.4) is 0 Å². The van der Waals surface area contributed by atoms with Crippen LogP contribution in [0.1, 0.15) is 40.4 Å². The summed E-state index contributed by atoms with van der Waals surface area (Å²) < 4.78 is 44.4. The summed E-state index contributed by atoms with van der Waals surface area (Å²) in [5.41, 5.74) is 1.71. The third-order valence-electron chi connectivity index (χ3n) is 5.31. The fraction of sp³-hybridized carbons (Fsp3) is 0.231. The Morgan fingerprint density at radius 2 is 1.65 bits per heavy atom. The number of carbonyl (C=O) groups excluding carboxylic acids is 1. The molecular formula is C26H24F3NO4. The summed E-state index contributed by atoms with van der Waals surface area (Å²) in [4.78, 5) is 25.3. The predicted molar refractivity (Wildman–Crippen MR) is 122 cm³/mol. The first-order valence-corrected chi connectivity index (χ1v) is 10.7. The first-order chi connectivity index (χ1) is 16.1. The van der Waals surface area contributed by atoms with Crippen LogP contribution < -0.4 is 9.64 Å². The highest BCUT2D eigenvalue weighted by molar-refractivity contribution is 6.06. The molecule has 0 radical (unpaired) electrons. The SMILES string of the molecule is CCN(C(=O)c1cccc(Oc2ccc(CCC(=O)O)c(C)c2)c1)c1ccc(C(F)(F)F)cc1.